The maximum absolute atomic E-state index is 12.8. The van der Waals surface area contributed by atoms with Gasteiger partial charge in [-0.1, -0.05) is 11.6 Å². The number of hydrogen-bond donors (Lipinski definition) is 0. The van der Waals surface area contributed by atoms with Crippen LogP contribution in [0.4, 0.5) is 8.78 Å². The molecular weight excluding hydrogens is 160 g/mol. The molecule has 1 rings (SSSR count). The smallest absolute Gasteiger partial charge is 0.271 e. The molecule has 0 saturated carbocycles. The number of hydrogen-bond acceptors (Lipinski definition) is 1. The van der Waals surface area contributed by atoms with Crippen molar-refractivity contribution in [3.05, 3.63) is 23.3 Å². The maximum Gasteiger partial charge on any atom is 0.271 e. The highest BCUT2D eigenvalue weighted by Crippen LogP contribution is 2.23. The second-order valence-corrected chi connectivity index (χ2v) is 2.93. The zero-order valence-corrected chi connectivity index (χ0v) is 7.14. The van der Waals surface area contributed by atoms with E-state index < -0.39 is 5.92 Å². The third-order valence-electron chi connectivity index (χ3n) is 1.64. The van der Waals surface area contributed by atoms with E-state index in [4.69, 9.17) is 0 Å². The summed E-state index contributed by atoms with van der Waals surface area (Å²) in [4.78, 5) is 3.82. The van der Waals surface area contributed by atoms with Gasteiger partial charge in [0, 0.05) is 18.7 Å². The molecule has 0 N–H and O–H groups in total. The Hall–Kier alpha value is -0.990. The van der Waals surface area contributed by atoms with E-state index >= 15 is 0 Å². The molecule has 0 aromatic heterocycles. The van der Waals surface area contributed by atoms with Gasteiger partial charge in [0.25, 0.3) is 5.92 Å². The first kappa shape index (κ1) is 9.10. The average molecular weight is 171 g/mol. The molecule has 1 heterocycles. The fourth-order valence-corrected chi connectivity index (χ4v) is 0.929. The predicted octanol–water partition coefficient (Wildman–Crippen LogP) is 2.60. The van der Waals surface area contributed by atoms with Gasteiger partial charge in [0.15, 0.2) is 0 Å². The molecule has 12 heavy (non-hydrogen) atoms. The molecule has 0 atom stereocenters. The van der Waals surface area contributed by atoms with Crippen LogP contribution < -0.4 is 0 Å². The monoisotopic (exact) mass is 171 g/mol. The Morgan fingerprint density at radius 3 is 2.75 bits per heavy atom. The summed E-state index contributed by atoms with van der Waals surface area (Å²) < 4.78 is 25.6. The van der Waals surface area contributed by atoms with Gasteiger partial charge in [0.1, 0.15) is 0 Å². The van der Waals surface area contributed by atoms with Gasteiger partial charge in [-0.05, 0) is 13.0 Å². The number of aliphatic imine (C=N–C) groups is 1. The highest BCUT2D eigenvalue weighted by Gasteiger charge is 2.26. The van der Waals surface area contributed by atoms with E-state index in [0.29, 0.717) is 6.54 Å². The van der Waals surface area contributed by atoms with Gasteiger partial charge in [0.2, 0.25) is 0 Å². The fourth-order valence-electron chi connectivity index (χ4n) is 0.929. The summed E-state index contributed by atoms with van der Waals surface area (Å²) in [5, 5.41) is 0. The van der Waals surface area contributed by atoms with Crippen molar-refractivity contribution in [1.82, 2.24) is 0 Å². The van der Waals surface area contributed by atoms with E-state index in [2.05, 4.69) is 4.99 Å². The number of rotatable bonds is 1. The zero-order valence-electron chi connectivity index (χ0n) is 7.14. The van der Waals surface area contributed by atoms with Crippen LogP contribution in [0.3, 0.4) is 0 Å². The second-order valence-electron chi connectivity index (χ2n) is 2.93. The van der Waals surface area contributed by atoms with E-state index in [0.717, 1.165) is 12.5 Å². The molecule has 0 aromatic rings. The van der Waals surface area contributed by atoms with Crippen molar-refractivity contribution in [1.29, 1.82) is 0 Å². The minimum absolute atomic E-state index is 0.0197. The van der Waals surface area contributed by atoms with E-state index in [9.17, 15) is 8.78 Å². The van der Waals surface area contributed by atoms with Crippen LogP contribution in [0.25, 0.3) is 0 Å². The first-order valence-corrected chi connectivity index (χ1v) is 3.77. The molecule has 0 saturated heterocycles. The minimum Gasteiger partial charge on any atom is -0.289 e. The van der Waals surface area contributed by atoms with Gasteiger partial charge in [0.05, 0.1) is 6.54 Å². The Kier molecular flexibility index (Phi) is 2.40. The molecular formula is C9H11F2N. The van der Waals surface area contributed by atoms with Gasteiger partial charge >= 0.3 is 0 Å². The van der Waals surface area contributed by atoms with Crippen LogP contribution in [0.1, 0.15) is 13.8 Å². The minimum atomic E-state index is -2.79. The lowest BCUT2D eigenvalue weighted by Crippen LogP contribution is -2.14. The van der Waals surface area contributed by atoms with Gasteiger partial charge in [-0.3, -0.25) is 4.99 Å². The summed E-state index contributed by atoms with van der Waals surface area (Å²) in [5.41, 5.74) is 0.817. The Morgan fingerprint density at radius 2 is 2.17 bits per heavy atom. The first-order chi connectivity index (χ1) is 5.50. The van der Waals surface area contributed by atoms with Crippen molar-refractivity contribution < 1.29 is 8.78 Å². The molecule has 0 unspecified atom stereocenters. The van der Waals surface area contributed by atoms with E-state index in [1.54, 1.807) is 6.92 Å². The molecule has 1 aliphatic heterocycles. The standard InChI is InChI=1S/C9H11F2N/c1-7-3-4-12-6-8(5-7)9(2,10)11/h3,5-6H,4H2,1-2H3. The summed E-state index contributed by atoms with van der Waals surface area (Å²) in [5.74, 6) is -2.79. The van der Waals surface area contributed by atoms with Crippen LogP contribution in [-0.2, 0) is 0 Å². The van der Waals surface area contributed by atoms with Crippen molar-refractivity contribution in [2.24, 2.45) is 4.99 Å². The normalized spacial score (nSPS) is 18.3. The third kappa shape index (κ3) is 2.26. The van der Waals surface area contributed by atoms with Crippen LogP contribution in [0.15, 0.2) is 28.3 Å². The SMILES string of the molecule is CC1=CCN=CC(C(C)(F)F)=C1. The summed E-state index contributed by atoms with van der Waals surface area (Å²) in [6.07, 6.45) is 4.53. The number of allylic oxidation sites excluding steroid dienone is 3. The number of alkyl halides is 2. The van der Waals surface area contributed by atoms with Crippen molar-refractivity contribution in [3.63, 3.8) is 0 Å². The molecule has 3 heteroatoms. The summed E-state index contributed by atoms with van der Waals surface area (Å²) in [6.45, 7) is 3.16. The maximum atomic E-state index is 12.8. The number of nitrogens with zero attached hydrogens (tertiary/aromatic N) is 1. The molecule has 0 radical (unpaired) electrons. The molecule has 66 valence electrons. The van der Waals surface area contributed by atoms with Crippen molar-refractivity contribution >= 4 is 6.21 Å². The molecule has 1 aliphatic rings. The highest BCUT2D eigenvalue weighted by atomic mass is 19.3. The zero-order chi connectivity index (χ0) is 9.19. The van der Waals surface area contributed by atoms with E-state index in [1.807, 2.05) is 6.08 Å². The molecule has 0 spiro atoms. The van der Waals surface area contributed by atoms with Crippen LogP contribution in [0.2, 0.25) is 0 Å². The lowest BCUT2D eigenvalue weighted by Gasteiger charge is -2.09. The van der Waals surface area contributed by atoms with Crippen LogP contribution in [0, 0.1) is 0 Å². The predicted molar refractivity (Wildman–Crippen MR) is 45.8 cm³/mol. The summed E-state index contributed by atoms with van der Waals surface area (Å²) in [7, 11) is 0. The Balaban J connectivity index is 2.96. The summed E-state index contributed by atoms with van der Waals surface area (Å²) >= 11 is 0. The average Bonchev–Trinajstić information content (AvgIpc) is 2.11. The summed E-state index contributed by atoms with van der Waals surface area (Å²) in [6, 6.07) is 0. The fraction of sp³-hybridized carbons (Fsp3) is 0.444. The van der Waals surface area contributed by atoms with Crippen molar-refractivity contribution in [3.8, 4) is 0 Å². The molecule has 0 fully saturated rings. The van der Waals surface area contributed by atoms with Crippen molar-refractivity contribution in [2.75, 3.05) is 6.54 Å². The van der Waals surface area contributed by atoms with Crippen LogP contribution >= 0.6 is 0 Å². The number of halogens is 2. The van der Waals surface area contributed by atoms with Gasteiger partial charge < -0.3 is 0 Å². The van der Waals surface area contributed by atoms with E-state index in [-0.39, 0.29) is 5.57 Å². The van der Waals surface area contributed by atoms with Crippen LogP contribution in [-0.4, -0.2) is 18.7 Å². The molecule has 0 amide bonds. The highest BCUT2D eigenvalue weighted by molar-refractivity contribution is 5.82. The van der Waals surface area contributed by atoms with Crippen molar-refractivity contribution in [2.45, 2.75) is 19.8 Å². The largest absolute Gasteiger partial charge is 0.289 e. The quantitative estimate of drug-likeness (QED) is 0.575. The lowest BCUT2D eigenvalue weighted by molar-refractivity contribution is 0.0706. The van der Waals surface area contributed by atoms with Gasteiger partial charge in [-0.15, -0.1) is 0 Å². The topological polar surface area (TPSA) is 12.4 Å². The van der Waals surface area contributed by atoms with E-state index in [1.165, 1.54) is 12.3 Å². The van der Waals surface area contributed by atoms with Gasteiger partial charge in [-0.2, -0.15) is 0 Å². The second kappa shape index (κ2) is 3.17. The Labute approximate surface area is 70.5 Å². The van der Waals surface area contributed by atoms with Gasteiger partial charge in [-0.25, -0.2) is 8.78 Å². The molecule has 0 aliphatic carbocycles. The molecule has 1 nitrogen and oxygen atoms in total. The third-order valence-corrected chi connectivity index (χ3v) is 1.64. The molecule has 0 aromatic carbocycles. The van der Waals surface area contributed by atoms with Crippen LogP contribution in [0.5, 0.6) is 0 Å². The Morgan fingerprint density at radius 1 is 1.50 bits per heavy atom. The lowest BCUT2D eigenvalue weighted by atomic mass is 10.1. The molecule has 0 bridgehead atoms. The Bertz CT molecular complexity index is 256. The first-order valence-electron chi connectivity index (χ1n) is 3.77.